The molecule has 1 aromatic heterocycles. The third-order valence-electron chi connectivity index (χ3n) is 1.14. The maximum atomic E-state index is 12.4. The van der Waals surface area contributed by atoms with E-state index in [4.69, 9.17) is 5.73 Å². The summed E-state index contributed by atoms with van der Waals surface area (Å²) in [6.07, 6.45) is 2.63. The van der Waals surface area contributed by atoms with E-state index >= 15 is 0 Å². The fourth-order valence-corrected chi connectivity index (χ4v) is 0.542. The molecule has 48 valence electrons. The normalized spacial score (nSPS) is 9.56. The Morgan fingerprint density at radius 3 is 2.67 bits per heavy atom. The molecule has 9 heavy (non-hydrogen) atoms. The Hall–Kier alpha value is -1.12. The maximum absolute atomic E-state index is 12.4. The molecule has 0 unspecified atom stereocenters. The van der Waals surface area contributed by atoms with Crippen LogP contribution < -0.4 is 5.73 Å². The van der Waals surface area contributed by atoms with Crippen LogP contribution in [0.4, 0.5) is 10.1 Å². The summed E-state index contributed by atoms with van der Waals surface area (Å²) in [6, 6.07) is 0. The van der Waals surface area contributed by atoms with E-state index < -0.39 is 5.82 Å². The summed E-state index contributed by atoms with van der Waals surface area (Å²) in [5, 5.41) is 0. The van der Waals surface area contributed by atoms with Crippen molar-refractivity contribution in [2.24, 2.45) is 0 Å². The van der Waals surface area contributed by atoms with Crippen LogP contribution in [-0.4, -0.2) is 4.98 Å². The molecule has 0 saturated carbocycles. The third-order valence-corrected chi connectivity index (χ3v) is 1.14. The van der Waals surface area contributed by atoms with Crippen molar-refractivity contribution in [3.05, 3.63) is 23.8 Å². The molecule has 0 radical (unpaired) electrons. The topological polar surface area (TPSA) is 38.9 Å². The van der Waals surface area contributed by atoms with E-state index in [0.29, 0.717) is 5.56 Å². The minimum absolute atomic E-state index is 0.185. The zero-order valence-electron chi connectivity index (χ0n) is 5.06. The number of nitrogens with zero attached hydrogens (tertiary/aromatic N) is 1. The summed E-state index contributed by atoms with van der Waals surface area (Å²) in [6.45, 7) is 1.71. The molecule has 2 nitrogen and oxygen atoms in total. The van der Waals surface area contributed by atoms with Crippen LogP contribution in [0.1, 0.15) is 5.56 Å². The van der Waals surface area contributed by atoms with Crippen LogP contribution in [0.15, 0.2) is 12.4 Å². The second-order valence-corrected chi connectivity index (χ2v) is 1.85. The minimum Gasteiger partial charge on any atom is -0.396 e. The van der Waals surface area contributed by atoms with Crippen molar-refractivity contribution in [2.45, 2.75) is 6.92 Å². The van der Waals surface area contributed by atoms with Gasteiger partial charge in [0.15, 0.2) is 5.82 Å². The lowest BCUT2D eigenvalue weighted by molar-refractivity contribution is 0.625. The molecular weight excluding hydrogens is 119 g/mol. The maximum Gasteiger partial charge on any atom is 0.164 e. The number of anilines is 1. The molecule has 3 heteroatoms. The third kappa shape index (κ3) is 0.988. The Bertz CT molecular complexity index is 202. The summed E-state index contributed by atoms with van der Waals surface area (Å²) in [7, 11) is 0. The predicted octanol–water partition coefficient (Wildman–Crippen LogP) is 1.11. The molecule has 0 amide bonds. The number of hydrogen-bond acceptors (Lipinski definition) is 2. The van der Waals surface area contributed by atoms with Gasteiger partial charge in [0, 0.05) is 6.20 Å². The Morgan fingerprint density at radius 1 is 1.56 bits per heavy atom. The van der Waals surface area contributed by atoms with Crippen molar-refractivity contribution in [3.8, 4) is 0 Å². The van der Waals surface area contributed by atoms with Crippen LogP contribution in [0.2, 0.25) is 0 Å². The smallest absolute Gasteiger partial charge is 0.164 e. The molecule has 1 aromatic rings. The molecule has 0 saturated heterocycles. The number of aromatic nitrogens is 1. The van der Waals surface area contributed by atoms with E-state index in [9.17, 15) is 4.39 Å². The minimum atomic E-state index is -0.449. The van der Waals surface area contributed by atoms with E-state index in [-0.39, 0.29) is 5.69 Å². The number of hydrogen-bond donors (Lipinski definition) is 1. The number of nitrogens with two attached hydrogens (primary N) is 1. The summed E-state index contributed by atoms with van der Waals surface area (Å²) in [5.74, 6) is -0.449. The fraction of sp³-hybridized carbons (Fsp3) is 0.167. The van der Waals surface area contributed by atoms with Crippen molar-refractivity contribution in [3.63, 3.8) is 0 Å². The molecule has 1 rings (SSSR count). The van der Waals surface area contributed by atoms with Gasteiger partial charge in [0.25, 0.3) is 0 Å². The van der Waals surface area contributed by atoms with Gasteiger partial charge >= 0.3 is 0 Å². The van der Waals surface area contributed by atoms with Gasteiger partial charge in [0.05, 0.1) is 11.9 Å². The second-order valence-electron chi connectivity index (χ2n) is 1.85. The molecule has 0 aliphatic carbocycles. The number of halogens is 1. The lowest BCUT2D eigenvalue weighted by Gasteiger charge is -1.96. The van der Waals surface area contributed by atoms with Crippen LogP contribution in [0.25, 0.3) is 0 Å². The molecule has 2 N–H and O–H groups in total. The molecule has 0 atom stereocenters. The van der Waals surface area contributed by atoms with Gasteiger partial charge < -0.3 is 5.73 Å². The van der Waals surface area contributed by atoms with E-state index in [1.54, 1.807) is 6.92 Å². The number of rotatable bonds is 0. The first-order chi connectivity index (χ1) is 4.22. The van der Waals surface area contributed by atoms with Crippen molar-refractivity contribution < 1.29 is 4.39 Å². The number of pyridine rings is 1. The average molecular weight is 126 g/mol. The Morgan fingerprint density at radius 2 is 2.22 bits per heavy atom. The highest BCUT2D eigenvalue weighted by atomic mass is 19.1. The molecule has 0 aromatic carbocycles. The molecule has 0 fully saturated rings. The monoisotopic (exact) mass is 126 g/mol. The molecule has 0 aliphatic rings. The van der Waals surface area contributed by atoms with Gasteiger partial charge in [-0.1, -0.05) is 0 Å². The fourth-order valence-electron chi connectivity index (χ4n) is 0.542. The zero-order valence-corrected chi connectivity index (χ0v) is 5.06. The molecule has 0 aliphatic heterocycles. The standard InChI is InChI=1S/C6H7FN2/c1-4-2-9-3-5(7)6(4)8/h2-3H,1H3,(H2,8,9). The zero-order chi connectivity index (χ0) is 6.85. The highest BCUT2D eigenvalue weighted by Crippen LogP contribution is 2.11. The Kier molecular flexibility index (Phi) is 1.34. The first-order valence-electron chi connectivity index (χ1n) is 2.57. The van der Waals surface area contributed by atoms with Crippen molar-refractivity contribution in [2.75, 3.05) is 5.73 Å². The van der Waals surface area contributed by atoms with Gasteiger partial charge in [0.2, 0.25) is 0 Å². The van der Waals surface area contributed by atoms with Crippen LogP contribution in [-0.2, 0) is 0 Å². The van der Waals surface area contributed by atoms with Gasteiger partial charge in [-0.3, -0.25) is 4.98 Å². The van der Waals surface area contributed by atoms with Crippen LogP contribution in [0, 0.1) is 12.7 Å². The van der Waals surface area contributed by atoms with Crippen LogP contribution in [0.3, 0.4) is 0 Å². The highest BCUT2D eigenvalue weighted by molar-refractivity contribution is 5.44. The summed E-state index contributed by atoms with van der Waals surface area (Å²) < 4.78 is 12.4. The largest absolute Gasteiger partial charge is 0.396 e. The second kappa shape index (κ2) is 2.01. The van der Waals surface area contributed by atoms with Gasteiger partial charge in [-0.25, -0.2) is 4.39 Å². The average Bonchev–Trinajstić information content (AvgIpc) is 1.83. The van der Waals surface area contributed by atoms with Gasteiger partial charge in [-0.05, 0) is 12.5 Å². The van der Waals surface area contributed by atoms with Crippen LogP contribution >= 0.6 is 0 Å². The highest BCUT2D eigenvalue weighted by Gasteiger charge is 1.98. The van der Waals surface area contributed by atoms with Crippen molar-refractivity contribution >= 4 is 5.69 Å². The quantitative estimate of drug-likeness (QED) is 0.565. The van der Waals surface area contributed by atoms with E-state index in [1.807, 2.05) is 0 Å². The molecular formula is C6H7FN2. The Balaban J connectivity index is 3.25. The number of nitrogen functional groups attached to an aromatic ring is 1. The lowest BCUT2D eigenvalue weighted by Crippen LogP contribution is -1.94. The predicted molar refractivity (Wildman–Crippen MR) is 33.3 cm³/mol. The Labute approximate surface area is 52.5 Å². The van der Waals surface area contributed by atoms with Crippen molar-refractivity contribution in [1.82, 2.24) is 4.98 Å². The summed E-state index contributed by atoms with van der Waals surface area (Å²) in [5.41, 5.74) is 6.13. The first kappa shape index (κ1) is 6.01. The van der Waals surface area contributed by atoms with E-state index in [0.717, 1.165) is 6.20 Å². The van der Waals surface area contributed by atoms with Crippen molar-refractivity contribution in [1.29, 1.82) is 0 Å². The number of aryl methyl sites for hydroxylation is 1. The molecule has 0 bridgehead atoms. The first-order valence-corrected chi connectivity index (χ1v) is 2.57. The van der Waals surface area contributed by atoms with Gasteiger partial charge in [-0.15, -0.1) is 0 Å². The van der Waals surface area contributed by atoms with Gasteiger partial charge in [0.1, 0.15) is 0 Å². The molecule has 1 heterocycles. The van der Waals surface area contributed by atoms with Gasteiger partial charge in [-0.2, -0.15) is 0 Å². The summed E-state index contributed by atoms with van der Waals surface area (Å²) in [4.78, 5) is 3.59. The van der Waals surface area contributed by atoms with Crippen LogP contribution in [0.5, 0.6) is 0 Å². The lowest BCUT2D eigenvalue weighted by atomic mass is 10.3. The van der Waals surface area contributed by atoms with E-state index in [1.165, 1.54) is 6.20 Å². The SMILES string of the molecule is Cc1cncc(F)c1N. The summed E-state index contributed by atoms with van der Waals surface area (Å²) >= 11 is 0. The molecule has 0 spiro atoms. The van der Waals surface area contributed by atoms with E-state index in [2.05, 4.69) is 4.98 Å².